The zero-order chi connectivity index (χ0) is 9.26. The molecule has 1 heteroatoms. The molecule has 3 atom stereocenters. The van der Waals surface area contributed by atoms with Gasteiger partial charge in [-0.05, 0) is 38.5 Å². The zero-order valence-electron chi connectivity index (χ0n) is 8.87. The molecule has 0 aromatic heterocycles. The first-order chi connectivity index (χ1) is 6.27. The van der Waals surface area contributed by atoms with Crippen LogP contribution in [0, 0.1) is 5.92 Å². The molecule has 1 saturated heterocycles. The van der Waals surface area contributed by atoms with Crippen LogP contribution in [0.5, 0.6) is 0 Å². The van der Waals surface area contributed by atoms with E-state index in [1.807, 2.05) is 0 Å². The summed E-state index contributed by atoms with van der Waals surface area (Å²) in [6, 6.07) is 1.57. The Morgan fingerprint density at radius 1 is 1.31 bits per heavy atom. The van der Waals surface area contributed by atoms with Gasteiger partial charge < -0.3 is 0 Å². The van der Waals surface area contributed by atoms with Crippen molar-refractivity contribution in [1.29, 1.82) is 0 Å². The van der Waals surface area contributed by atoms with E-state index >= 15 is 0 Å². The highest BCUT2D eigenvalue weighted by atomic mass is 15.2. The van der Waals surface area contributed by atoms with Crippen molar-refractivity contribution in [1.82, 2.24) is 4.90 Å². The average Bonchev–Trinajstić information content (AvgIpc) is 2.47. The molecule has 3 unspecified atom stereocenters. The average molecular weight is 179 g/mol. The maximum Gasteiger partial charge on any atom is 0.0281 e. The van der Waals surface area contributed by atoms with Gasteiger partial charge in [0.25, 0.3) is 0 Å². The molecule has 2 aliphatic rings. The van der Waals surface area contributed by atoms with E-state index in [-0.39, 0.29) is 0 Å². The van der Waals surface area contributed by atoms with Gasteiger partial charge in [0.1, 0.15) is 0 Å². The molecular weight excluding hydrogens is 158 g/mol. The molecule has 0 radical (unpaired) electrons. The van der Waals surface area contributed by atoms with Gasteiger partial charge in [0.2, 0.25) is 0 Å². The molecular formula is C12H21N. The smallest absolute Gasteiger partial charge is 0.0281 e. The molecule has 0 amide bonds. The van der Waals surface area contributed by atoms with Crippen LogP contribution in [0.1, 0.15) is 39.5 Å². The van der Waals surface area contributed by atoms with Gasteiger partial charge in [-0.15, -0.1) is 0 Å². The summed E-state index contributed by atoms with van der Waals surface area (Å²) in [4.78, 5) is 2.69. The number of nitrogens with zero attached hydrogens (tertiary/aromatic N) is 1. The highest BCUT2D eigenvalue weighted by molar-refractivity contribution is 5.01. The summed E-state index contributed by atoms with van der Waals surface area (Å²) >= 11 is 0. The quantitative estimate of drug-likeness (QED) is 0.559. The summed E-state index contributed by atoms with van der Waals surface area (Å²) in [6.45, 7) is 6.07. The Kier molecular flexibility index (Phi) is 2.73. The molecule has 0 aromatic rings. The van der Waals surface area contributed by atoms with E-state index < -0.39 is 0 Å². The molecule has 0 aromatic carbocycles. The maximum atomic E-state index is 2.69. The van der Waals surface area contributed by atoms with Crippen LogP contribution >= 0.6 is 0 Å². The third kappa shape index (κ3) is 1.96. The molecule has 1 fully saturated rings. The summed E-state index contributed by atoms with van der Waals surface area (Å²) in [6.07, 6.45) is 10.3. The molecule has 2 rings (SSSR count). The molecule has 74 valence electrons. The van der Waals surface area contributed by atoms with Crippen LogP contribution in [0.3, 0.4) is 0 Å². The summed E-state index contributed by atoms with van der Waals surface area (Å²) < 4.78 is 0. The van der Waals surface area contributed by atoms with Crippen molar-refractivity contribution in [3.63, 3.8) is 0 Å². The lowest BCUT2D eigenvalue weighted by Gasteiger charge is -2.31. The van der Waals surface area contributed by atoms with Crippen LogP contribution in [-0.4, -0.2) is 23.5 Å². The fourth-order valence-electron chi connectivity index (χ4n) is 2.87. The second-order valence-electron chi connectivity index (χ2n) is 4.81. The summed E-state index contributed by atoms with van der Waals surface area (Å²) in [5.74, 6) is 0.908. The lowest BCUT2D eigenvalue weighted by Crippen LogP contribution is -2.37. The number of likely N-dealkylation sites (tertiary alicyclic amines) is 1. The Labute approximate surface area is 81.8 Å². The Morgan fingerprint density at radius 3 is 2.69 bits per heavy atom. The predicted octanol–water partition coefficient (Wildman–Crippen LogP) is 2.83. The number of allylic oxidation sites excluding steroid dienone is 1. The van der Waals surface area contributed by atoms with E-state index in [4.69, 9.17) is 0 Å². The first-order valence-corrected chi connectivity index (χ1v) is 5.70. The second-order valence-corrected chi connectivity index (χ2v) is 4.81. The number of hydrogen-bond donors (Lipinski definition) is 0. The SMILES string of the molecule is CC1CC(C)N(C2C=CCCC2)C1. The molecule has 0 saturated carbocycles. The van der Waals surface area contributed by atoms with Crippen molar-refractivity contribution in [3.05, 3.63) is 12.2 Å². The van der Waals surface area contributed by atoms with Crippen LogP contribution in [-0.2, 0) is 0 Å². The standard InChI is InChI=1S/C12H21N/c1-10-8-11(2)13(9-10)12-6-4-3-5-7-12/h4,6,10-12H,3,5,7-9H2,1-2H3. The topological polar surface area (TPSA) is 3.24 Å². The van der Waals surface area contributed by atoms with E-state index in [2.05, 4.69) is 30.9 Å². The van der Waals surface area contributed by atoms with E-state index in [9.17, 15) is 0 Å². The van der Waals surface area contributed by atoms with Crippen molar-refractivity contribution >= 4 is 0 Å². The van der Waals surface area contributed by atoms with Crippen LogP contribution in [0.4, 0.5) is 0 Å². The van der Waals surface area contributed by atoms with E-state index in [1.165, 1.54) is 32.2 Å². The van der Waals surface area contributed by atoms with Crippen molar-refractivity contribution in [3.8, 4) is 0 Å². The van der Waals surface area contributed by atoms with Gasteiger partial charge in [-0.25, -0.2) is 0 Å². The Bertz CT molecular complexity index is 197. The number of rotatable bonds is 1. The Morgan fingerprint density at radius 2 is 2.15 bits per heavy atom. The monoisotopic (exact) mass is 179 g/mol. The van der Waals surface area contributed by atoms with Crippen molar-refractivity contribution in [2.75, 3.05) is 6.54 Å². The highest BCUT2D eigenvalue weighted by Gasteiger charge is 2.30. The molecule has 0 spiro atoms. The minimum atomic E-state index is 0.758. The Balaban J connectivity index is 1.99. The van der Waals surface area contributed by atoms with Crippen LogP contribution in [0.15, 0.2) is 12.2 Å². The zero-order valence-corrected chi connectivity index (χ0v) is 8.87. The van der Waals surface area contributed by atoms with Gasteiger partial charge in [-0.2, -0.15) is 0 Å². The Hall–Kier alpha value is -0.300. The fraction of sp³-hybridized carbons (Fsp3) is 0.833. The second kappa shape index (κ2) is 3.83. The van der Waals surface area contributed by atoms with E-state index in [1.54, 1.807) is 0 Å². The summed E-state index contributed by atoms with van der Waals surface area (Å²) in [7, 11) is 0. The minimum Gasteiger partial charge on any atom is -0.294 e. The largest absolute Gasteiger partial charge is 0.294 e. The van der Waals surface area contributed by atoms with Gasteiger partial charge in [0, 0.05) is 18.6 Å². The lowest BCUT2D eigenvalue weighted by molar-refractivity contribution is 0.205. The third-order valence-corrected chi connectivity index (χ3v) is 3.49. The van der Waals surface area contributed by atoms with Gasteiger partial charge in [-0.1, -0.05) is 19.1 Å². The predicted molar refractivity (Wildman–Crippen MR) is 56.7 cm³/mol. The van der Waals surface area contributed by atoms with Crippen LogP contribution in [0.2, 0.25) is 0 Å². The summed E-state index contributed by atoms with van der Waals surface area (Å²) in [5.41, 5.74) is 0. The van der Waals surface area contributed by atoms with Crippen LogP contribution in [0.25, 0.3) is 0 Å². The number of hydrogen-bond acceptors (Lipinski definition) is 1. The molecule has 1 nitrogen and oxygen atoms in total. The molecule has 1 heterocycles. The van der Waals surface area contributed by atoms with Gasteiger partial charge in [0.15, 0.2) is 0 Å². The van der Waals surface area contributed by atoms with Gasteiger partial charge in [-0.3, -0.25) is 4.90 Å². The maximum absolute atomic E-state index is 2.69. The third-order valence-electron chi connectivity index (χ3n) is 3.49. The lowest BCUT2D eigenvalue weighted by atomic mass is 10.0. The normalized spacial score (nSPS) is 41.2. The molecule has 13 heavy (non-hydrogen) atoms. The minimum absolute atomic E-state index is 0.758. The van der Waals surface area contributed by atoms with Crippen LogP contribution < -0.4 is 0 Å². The first kappa shape index (κ1) is 9.26. The van der Waals surface area contributed by atoms with Gasteiger partial charge in [0.05, 0.1) is 0 Å². The molecule has 1 aliphatic heterocycles. The van der Waals surface area contributed by atoms with E-state index in [0.29, 0.717) is 0 Å². The van der Waals surface area contributed by atoms with E-state index in [0.717, 1.165) is 18.0 Å². The van der Waals surface area contributed by atoms with Crippen molar-refractivity contribution in [2.24, 2.45) is 5.92 Å². The molecule has 0 bridgehead atoms. The molecule has 0 N–H and O–H groups in total. The van der Waals surface area contributed by atoms with Gasteiger partial charge >= 0.3 is 0 Å². The molecule has 1 aliphatic carbocycles. The summed E-state index contributed by atoms with van der Waals surface area (Å²) in [5, 5.41) is 0. The highest BCUT2D eigenvalue weighted by Crippen LogP contribution is 2.28. The van der Waals surface area contributed by atoms with Crippen molar-refractivity contribution in [2.45, 2.75) is 51.6 Å². The van der Waals surface area contributed by atoms with Crippen molar-refractivity contribution < 1.29 is 0 Å². The fourth-order valence-corrected chi connectivity index (χ4v) is 2.87. The first-order valence-electron chi connectivity index (χ1n) is 5.70.